The maximum atomic E-state index is 13.3. The Morgan fingerprint density at radius 2 is 1.73 bits per heavy atom. The number of nitrogens with one attached hydrogen (secondary N) is 1. The molecule has 1 aliphatic rings. The highest BCUT2D eigenvalue weighted by atomic mass is 35.5. The number of thiazole rings is 1. The average molecular weight is 617 g/mol. The lowest BCUT2D eigenvalue weighted by Crippen LogP contribution is -2.49. The summed E-state index contributed by atoms with van der Waals surface area (Å²) in [4.78, 5) is 17.6. The number of carbonyl (C=O) groups is 1. The topological polar surface area (TPSA) is 91.8 Å². The number of anilines is 1. The lowest BCUT2D eigenvalue weighted by atomic mass is 10.1. The minimum Gasteiger partial charge on any atom is -0.368 e. The number of aromatic nitrogens is 1. The van der Waals surface area contributed by atoms with Gasteiger partial charge in [0.05, 0.1) is 24.0 Å². The number of rotatable bonds is 9. The number of ether oxygens (including phenoxy) is 1. The van der Waals surface area contributed by atoms with Gasteiger partial charge in [-0.05, 0) is 42.3 Å². The molecule has 1 aromatic heterocycles. The van der Waals surface area contributed by atoms with E-state index in [0.29, 0.717) is 35.9 Å². The summed E-state index contributed by atoms with van der Waals surface area (Å²) in [5.74, 6) is -0.331. The first-order chi connectivity index (χ1) is 18.8. The van der Waals surface area contributed by atoms with Gasteiger partial charge in [-0.2, -0.15) is 17.5 Å². The Kier molecular flexibility index (Phi) is 9.53. The molecule has 8 nitrogen and oxygen atoms in total. The molecule has 0 aliphatic carbocycles. The number of piperazine rings is 1. The third-order valence-electron chi connectivity index (χ3n) is 6.34. The number of sulfonamides is 1. The second-order valence-electron chi connectivity index (χ2n) is 9.32. The molecule has 0 radical (unpaired) electrons. The highest BCUT2D eigenvalue weighted by molar-refractivity contribution is 7.91. The first-order valence-electron chi connectivity index (χ1n) is 12.3. The maximum Gasteiger partial charge on any atom is 0.416 e. The molecule has 0 spiro atoms. The number of amides is 1. The molecule has 40 heavy (non-hydrogen) atoms. The van der Waals surface area contributed by atoms with E-state index in [2.05, 4.69) is 15.2 Å². The molecule has 1 aliphatic heterocycles. The van der Waals surface area contributed by atoms with Crippen molar-refractivity contribution in [2.24, 2.45) is 0 Å². The third kappa shape index (κ3) is 7.59. The van der Waals surface area contributed by atoms with E-state index in [1.807, 2.05) is 12.1 Å². The van der Waals surface area contributed by atoms with Gasteiger partial charge in [-0.15, -0.1) is 0 Å². The van der Waals surface area contributed by atoms with Gasteiger partial charge in [0.15, 0.2) is 9.34 Å². The van der Waals surface area contributed by atoms with Crippen LogP contribution in [0, 0.1) is 6.92 Å². The van der Waals surface area contributed by atoms with Crippen LogP contribution in [0.25, 0.3) is 0 Å². The number of alkyl halides is 3. The van der Waals surface area contributed by atoms with Crippen LogP contribution < -0.4 is 5.32 Å². The molecule has 2 heterocycles. The van der Waals surface area contributed by atoms with Gasteiger partial charge >= 0.3 is 6.18 Å². The number of nitrogens with zero attached hydrogens (tertiary/aromatic N) is 3. The van der Waals surface area contributed by atoms with E-state index in [4.69, 9.17) is 16.3 Å². The summed E-state index contributed by atoms with van der Waals surface area (Å²) in [5.41, 5.74) is 1.05. The standard InChI is InChI=1S/C26H28ClF3N4O4S2/c1-17-24(39-25(31-17)32-18(2)35)40(36,37)34-13-11-33(12-14-34)15-23(20-5-9-22(27)10-6-20)38-16-19-3-7-21(8-4-19)26(28,29)30/h3-10,23H,11-16H2,1-2H3,(H,31,32,35)/t23-/m0/s1. The summed E-state index contributed by atoms with van der Waals surface area (Å²) in [6, 6.07) is 12.0. The molecule has 1 atom stereocenters. The molecule has 0 unspecified atom stereocenters. The second-order valence-corrected chi connectivity index (χ2v) is 12.9. The van der Waals surface area contributed by atoms with Gasteiger partial charge in [-0.1, -0.05) is 47.2 Å². The van der Waals surface area contributed by atoms with Crippen molar-refractivity contribution in [1.82, 2.24) is 14.2 Å². The van der Waals surface area contributed by atoms with Crippen molar-refractivity contribution in [3.63, 3.8) is 0 Å². The van der Waals surface area contributed by atoms with E-state index in [9.17, 15) is 26.4 Å². The van der Waals surface area contributed by atoms with Gasteiger partial charge < -0.3 is 10.1 Å². The Morgan fingerprint density at radius 3 is 2.30 bits per heavy atom. The van der Waals surface area contributed by atoms with Gasteiger partial charge in [0.1, 0.15) is 0 Å². The molecule has 0 bridgehead atoms. The van der Waals surface area contributed by atoms with Crippen LogP contribution in [0.15, 0.2) is 52.7 Å². The molecular formula is C26H28ClF3N4O4S2. The molecule has 1 saturated heterocycles. The van der Waals surface area contributed by atoms with Crippen molar-refractivity contribution in [3.8, 4) is 0 Å². The molecule has 14 heteroatoms. The Balaban J connectivity index is 1.41. The molecule has 1 fully saturated rings. The fourth-order valence-corrected chi connectivity index (χ4v) is 7.39. The number of hydrogen-bond acceptors (Lipinski definition) is 7. The predicted octanol–water partition coefficient (Wildman–Crippen LogP) is 5.35. The highest BCUT2D eigenvalue weighted by Crippen LogP contribution is 2.32. The summed E-state index contributed by atoms with van der Waals surface area (Å²) in [5, 5.41) is 3.32. The molecule has 0 saturated carbocycles. The predicted molar refractivity (Wildman–Crippen MR) is 147 cm³/mol. The van der Waals surface area contributed by atoms with Crippen LogP contribution in [0.3, 0.4) is 0 Å². The van der Waals surface area contributed by atoms with Crippen LogP contribution in [0.2, 0.25) is 5.02 Å². The Morgan fingerprint density at radius 1 is 1.10 bits per heavy atom. The van der Waals surface area contributed by atoms with Gasteiger partial charge in [0.2, 0.25) is 5.91 Å². The molecular weight excluding hydrogens is 589 g/mol. The van der Waals surface area contributed by atoms with Crippen molar-refractivity contribution < 1.29 is 31.1 Å². The first kappa shape index (κ1) is 30.4. The van der Waals surface area contributed by atoms with Crippen molar-refractivity contribution in [1.29, 1.82) is 0 Å². The Labute approximate surface area is 239 Å². The molecule has 2 aromatic carbocycles. The van der Waals surface area contributed by atoms with Crippen LogP contribution in [-0.2, 0) is 32.3 Å². The van der Waals surface area contributed by atoms with E-state index < -0.39 is 27.9 Å². The quantitative estimate of drug-likeness (QED) is 0.349. The number of halogens is 4. The van der Waals surface area contributed by atoms with Crippen molar-refractivity contribution in [2.75, 3.05) is 38.0 Å². The first-order valence-corrected chi connectivity index (χ1v) is 15.0. The van der Waals surface area contributed by atoms with Gasteiger partial charge in [0, 0.05) is 44.7 Å². The summed E-state index contributed by atoms with van der Waals surface area (Å²) in [6.07, 6.45) is -4.83. The zero-order valence-corrected chi connectivity index (χ0v) is 24.1. The zero-order chi connectivity index (χ0) is 29.1. The van der Waals surface area contributed by atoms with Gasteiger partial charge in [-0.25, -0.2) is 13.4 Å². The number of carbonyl (C=O) groups excluding carboxylic acids is 1. The highest BCUT2D eigenvalue weighted by Gasteiger charge is 2.33. The summed E-state index contributed by atoms with van der Waals surface area (Å²) < 4.78 is 73.0. The largest absolute Gasteiger partial charge is 0.416 e. The lowest BCUT2D eigenvalue weighted by Gasteiger charge is -2.35. The van der Waals surface area contributed by atoms with E-state index in [1.54, 1.807) is 19.1 Å². The molecule has 1 N–H and O–H groups in total. The van der Waals surface area contributed by atoms with E-state index in [0.717, 1.165) is 29.0 Å². The van der Waals surface area contributed by atoms with Crippen LogP contribution in [0.4, 0.5) is 18.3 Å². The third-order valence-corrected chi connectivity index (χ3v) is 10.2. The van der Waals surface area contributed by atoms with Crippen LogP contribution in [0.5, 0.6) is 0 Å². The normalized spacial score (nSPS) is 16.1. The lowest BCUT2D eigenvalue weighted by molar-refractivity contribution is -0.137. The van der Waals surface area contributed by atoms with Crippen LogP contribution in [-0.4, -0.2) is 61.2 Å². The van der Waals surface area contributed by atoms with E-state index >= 15 is 0 Å². The summed E-state index contributed by atoms with van der Waals surface area (Å²) >= 11 is 6.98. The van der Waals surface area contributed by atoms with Crippen molar-refractivity contribution >= 4 is 44.0 Å². The molecule has 4 rings (SSSR count). The minimum absolute atomic E-state index is 0.0983. The Hall–Kier alpha value is -2.55. The molecule has 216 valence electrons. The number of aryl methyl sites for hydroxylation is 1. The number of benzene rings is 2. The minimum atomic E-state index is -4.41. The molecule has 1 amide bonds. The summed E-state index contributed by atoms with van der Waals surface area (Å²) in [7, 11) is -3.79. The van der Waals surface area contributed by atoms with Gasteiger partial charge in [0.25, 0.3) is 10.0 Å². The van der Waals surface area contributed by atoms with E-state index in [1.165, 1.54) is 23.4 Å². The van der Waals surface area contributed by atoms with Gasteiger partial charge in [-0.3, -0.25) is 9.69 Å². The van der Waals surface area contributed by atoms with Crippen molar-refractivity contribution in [2.45, 2.75) is 36.9 Å². The Bertz CT molecular complexity index is 1420. The maximum absolute atomic E-state index is 13.3. The van der Waals surface area contributed by atoms with E-state index in [-0.39, 0.29) is 34.9 Å². The van der Waals surface area contributed by atoms with Crippen LogP contribution in [0.1, 0.15) is 35.4 Å². The average Bonchev–Trinajstić information content (AvgIpc) is 3.27. The smallest absolute Gasteiger partial charge is 0.368 e. The fraction of sp³-hybridized carbons (Fsp3) is 0.385. The van der Waals surface area contributed by atoms with Crippen LogP contribution >= 0.6 is 22.9 Å². The number of hydrogen-bond donors (Lipinski definition) is 1. The van der Waals surface area contributed by atoms with Crippen molar-refractivity contribution in [3.05, 3.63) is 75.9 Å². The molecule has 3 aromatic rings. The summed E-state index contributed by atoms with van der Waals surface area (Å²) in [6.45, 7) is 4.86. The second kappa shape index (κ2) is 12.5. The zero-order valence-electron chi connectivity index (χ0n) is 21.7. The fourth-order valence-electron chi connectivity index (χ4n) is 4.25. The SMILES string of the molecule is CC(=O)Nc1nc(C)c(S(=O)(=O)N2CCN(C[C@H](OCc3ccc(C(F)(F)F)cc3)c3ccc(Cl)cc3)CC2)s1. The monoisotopic (exact) mass is 616 g/mol.